The van der Waals surface area contributed by atoms with Crippen LogP contribution in [0.2, 0.25) is 0 Å². The molecular weight excluding hydrogens is 224 g/mol. The number of nitrogens with one attached hydrogen (secondary N) is 1. The van der Waals surface area contributed by atoms with Gasteiger partial charge in [-0.2, -0.15) is 0 Å². The maximum Gasteiger partial charge on any atom is 0.238 e. The highest BCUT2D eigenvalue weighted by atomic mass is 32.1. The van der Waals surface area contributed by atoms with E-state index in [1.807, 2.05) is 16.3 Å². The fraction of sp³-hybridized carbons (Fsp3) is 0.545. The zero-order chi connectivity index (χ0) is 11.4. The quantitative estimate of drug-likeness (QED) is 0.787. The first kappa shape index (κ1) is 11.6. The number of amides is 1. The van der Waals surface area contributed by atoms with Gasteiger partial charge in [-0.05, 0) is 17.9 Å². The highest BCUT2D eigenvalue weighted by Crippen LogP contribution is 2.26. The number of hydrogen-bond donors (Lipinski definition) is 1. The molecule has 0 bridgehead atoms. The summed E-state index contributed by atoms with van der Waals surface area (Å²) in [5.74, 6) is 0.175. The van der Waals surface area contributed by atoms with Crippen LogP contribution in [0.1, 0.15) is 17.5 Å². The largest absolute Gasteiger partial charge is 0.385 e. The lowest BCUT2D eigenvalue weighted by atomic mass is 10.3. The molecule has 16 heavy (non-hydrogen) atoms. The number of carbonyl (C=O) groups is 1. The molecule has 0 radical (unpaired) electrons. The molecule has 2 heterocycles. The fourth-order valence-electron chi connectivity index (χ4n) is 1.87. The Bertz CT molecular complexity index is 340. The number of ether oxygens (including phenoxy) is 1. The van der Waals surface area contributed by atoms with Crippen LogP contribution in [-0.4, -0.2) is 37.6 Å². The van der Waals surface area contributed by atoms with E-state index >= 15 is 0 Å². The molecular formula is C11H16N2O2S. The summed E-state index contributed by atoms with van der Waals surface area (Å²) < 4.78 is 5.01. The van der Waals surface area contributed by atoms with Gasteiger partial charge in [0.05, 0.1) is 6.54 Å². The van der Waals surface area contributed by atoms with Gasteiger partial charge in [0.25, 0.3) is 0 Å². The third-order valence-electron chi connectivity index (χ3n) is 2.64. The zero-order valence-corrected chi connectivity index (χ0v) is 10.1. The number of carbonyl (C=O) groups excluding carboxylic acids is 1. The number of hydrogen-bond acceptors (Lipinski definition) is 4. The minimum Gasteiger partial charge on any atom is -0.385 e. The third kappa shape index (κ3) is 2.42. The van der Waals surface area contributed by atoms with Crippen LogP contribution in [0, 0.1) is 0 Å². The molecule has 0 aliphatic carbocycles. The summed E-state index contributed by atoms with van der Waals surface area (Å²) >= 11 is 1.68. The average Bonchev–Trinajstić information content (AvgIpc) is 2.89. The second kappa shape index (κ2) is 5.43. The Hall–Kier alpha value is -0.910. The van der Waals surface area contributed by atoms with E-state index in [-0.39, 0.29) is 12.1 Å². The van der Waals surface area contributed by atoms with Crippen molar-refractivity contribution in [2.75, 3.05) is 26.8 Å². The number of nitrogens with zero attached hydrogens (tertiary/aromatic N) is 1. The minimum atomic E-state index is 0.0596. The molecule has 4 nitrogen and oxygen atoms in total. The Morgan fingerprint density at radius 1 is 1.69 bits per heavy atom. The van der Waals surface area contributed by atoms with Gasteiger partial charge in [0, 0.05) is 25.1 Å². The first-order chi connectivity index (χ1) is 7.83. The second-order valence-electron chi connectivity index (χ2n) is 3.73. The zero-order valence-electron chi connectivity index (χ0n) is 9.31. The lowest BCUT2D eigenvalue weighted by Crippen LogP contribution is -2.31. The number of methoxy groups -OCH3 is 1. The van der Waals surface area contributed by atoms with Crippen LogP contribution < -0.4 is 5.32 Å². The average molecular weight is 240 g/mol. The van der Waals surface area contributed by atoms with Crippen molar-refractivity contribution in [2.45, 2.75) is 12.6 Å². The first-order valence-corrected chi connectivity index (χ1v) is 6.26. The smallest absolute Gasteiger partial charge is 0.238 e. The van der Waals surface area contributed by atoms with Crippen molar-refractivity contribution in [2.24, 2.45) is 0 Å². The highest BCUT2D eigenvalue weighted by molar-refractivity contribution is 7.10. The lowest BCUT2D eigenvalue weighted by Gasteiger charge is -2.23. The highest BCUT2D eigenvalue weighted by Gasteiger charge is 2.31. The fourth-order valence-corrected chi connectivity index (χ4v) is 2.68. The van der Waals surface area contributed by atoms with Crippen LogP contribution in [0.4, 0.5) is 0 Å². The Kier molecular flexibility index (Phi) is 3.93. The lowest BCUT2D eigenvalue weighted by molar-refractivity contribution is -0.128. The summed E-state index contributed by atoms with van der Waals surface area (Å²) in [6, 6.07) is 4.07. The molecule has 1 amide bonds. The maximum absolute atomic E-state index is 11.7. The predicted octanol–water partition coefficient (Wildman–Crippen LogP) is 1.22. The van der Waals surface area contributed by atoms with Gasteiger partial charge in [0.2, 0.25) is 5.91 Å². The van der Waals surface area contributed by atoms with Crippen molar-refractivity contribution < 1.29 is 9.53 Å². The van der Waals surface area contributed by atoms with Crippen LogP contribution in [0.5, 0.6) is 0 Å². The maximum atomic E-state index is 11.7. The van der Waals surface area contributed by atoms with Gasteiger partial charge in [-0.15, -0.1) is 11.3 Å². The van der Waals surface area contributed by atoms with Crippen molar-refractivity contribution in [3.63, 3.8) is 0 Å². The van der Waals surface area contributed by atoms with E-state index in [1.54, 1.807) is 18.4 Å². The van der Waals surface area contributed by atoms with E-state index in [9.17, 15) is 4.79 Å². The normalized spacial score (nSPS) is 20.7. The SMILES string of the molecule is COCCCN1C(=O)CNC1c1cccs1. The summed E-state index contributed by atoms with van der Waals surface area (Å²) in [6.45, 7) is 1.89. The van der Waals surface area contributed by atoms with Crippen molar-refractivity contribution in [3.05, 3.63) is 22.4 Å². The van der Waals surface area contributed by atoms with Crippen molar-refractivity contribution in [1.29, 1.82) is 0 Å². The Morgan fingerprint density at radius 2 is 2.56 bits per heavy atom. The van der Waals surface area contributed by atoms with Crippen LogP contribution in [0.15, 0.2) is 17.5 Å². The van der Waals surface area contributed by atoms with E-state index in [4.69, 9.17) is 4.74 Å². The summed E-state index contributed by atoms with van der Waals surface area (Å²) in [5, 5.41) is 5.27. The van der Waals surface area contributed by atoms with Gasteiger partial charge in [0.1, 0.15) is 6.17 Å². The van der Waals surface area contributed by atoms with Gasteiger partial charge < -0.3 is 9.64 Å². The minimum absolute atomic E-state index is 0.0596. The molecule has 1 aliphatic rings. The molecule has 0 aromatic carbocycles. The molecule has 1 atom stereocenters. The van der Waals surface area contributed by atoms with E-state index in [0.29, 0.717) is 13.2 Å². The summed E-state index contributed by atoms with van der Waals surface area (Å²) in [7, 11) is 1.68. The van der Waals surface area contributed by atoms with Crippen LogP contribution in [0.25, 0.3) is 0 Å². The molecule has 2 rings (SSSR count). The summed E-state index contributed by atoms with van der Waals surface area (Å²) in [4.78, 5) is 14.8. The molecule has 5 heteroatoms. The Labute approximate surface area is 99.2 Å². The molecule has 88 valence electrons. The van der Waals surface area contributed by atoms with Crippen LogP contribution in [-0.2, 0) is 9.53 Å². The Morgan fingerprint density at radius 3 is 3.25 bits per heavy atom. The monoisotopic (exact) mass is 240 g/mol. The van der Waals surface area contributed by atoms with E-state index in [1.165, 1.54) is 4.88 Å². The number of thiophene rings is 1. The van der Waals surface area contributed by atoms with Crippen LogP contribution in [0.3, 0.4) is 0 Å². The molecule has 1 unspecified atom stereocenters. The molecule has 0 spiro atoms. The van der Waals surface area contributed by atoms with E-state index in [0.717, 1.165) is 13.0 Å². The van der Waals surface area contributed by atoms with Gasteiger partial charge in [0.15, 0.2) is 0 Å². The van der Waals surface area contributed by atoms with Crippen molar-refractivity contribution in [1.82, 2.24) is 10.2 Å². The van der Waals surface area contributed by atoms with Gasteiger partial charge >= 0.3 is 0 Å². The summed E-state index contributed by atoms with van der Waals surface area (Å²) in [6.07, 6.45) is 0.940. The third-order valence-corrected chi connectivity index (χ3v) is 3.56. The molecule has 1 aromatic heterocycles. The van der Waals surface area contributed by atoms with Gasteiger partial charge in [-0.25, -0.2) is 0 Å². The number of rotatable bonds is 5. The van der Waals surface area contributed by atoms with Gasteiger partial charge in [-0.1, -0.05) is 6.07 Å². The van der Waals surface area contributed by atoms with Crippen LogP contribution >= 0.6 is 11.3 Å². The first-order valence-electron chi connectivity index (χ1n) is 5.38. The van der Waals surface area contributed by atoms with Gasteiger partial charge in [-0.3, -0.25) is 10.1 Å². The van der Waals surface area contributed by atoms with E-state index < -0.39 is 0 Å². The predicted molar refractivity (Wildman–Crippen MR) is 63.3 cm³/mol. The second-order valence-corrected chi connectivity index (χ2v) is 4.71. The molecule has 1 aromatic rings. The van der Waals surface area contributed by atoms with Crippen molar-refractivity contribution in [3.8, 4) is 0 Å². The molecule has 1 saturated heterocycles. The topological polar surface area (TPSA) is 41.6 Å². The van der Waals surface area contributed by atoms with Crippen molar-refractivity contribution >= 4 is 17.2 Å². The standard InChI is InChI=1S/C11H16N2O2S/c1-15-6-3-5-13-10(14)8-12-11(13)9-4-2-7-16-9/h2,4,7,11-12H,3,5-6,8H2,1H3. The molecule has 1 aliphatic heterocycles. The Balaban J connectivity index is 1.99. The summed E-state index contributed by atoms with van der Waals surface area (Å²) in [5.41, 5.74) is 0. The molecule has 0 saturated carbocycles. The van der Waals surface area contributed by atoms with E-state index in [2.05, 4.69) is 11.4 Å². The molecule has 1 N–H and O–H groups in total. The molecule has 1 fully saturated rings.